The first-order chi connectivity index (χ1) is 12.8. The molecule has 0 unspecified atom stereocenters. The van der Waals surface area contributed by atoms with E-state index in [2.05, 4.69) is 34.3 Å². The third kappa shape index (κ3) is 3.84. The molecule has 1 saturated heterocycles. The van der Waals surface area contributed by atoms with E-state index < -0.39 is 0 Å². The van der Waals surface area contributed by atoms with E-state index in [0.29, 0.717) is 18.3 Å². The van der Waals surface area contributed by atoms with E-state index in [1.807, 2.05) is 36.4 Å². The molecule has 2 heterocycles. The highest BCUT2D eigenvalue weighted by Crippen LogP contribution is 2.30. The Morgan fingerprint density at radius 1 is 0.962 bits per heavy atom. The Morgan fingerprint density at radius 3 is 2.12 bits per heavy atom. The van der Waals surface area contributed by atoms with Gasteiger partial charge in [-0.2, -0.15) is 4.98 Å². The van der Waals surface area contributed by atoms with Gasteiger partial charge in [0.1, 0.15) is 0 Å². The number of benzene rings is 2. The van der Waals surface area contributed by atoms with Crippen LogP contribution in [0.15, 0.2) is 65.2 Å². The number of hydrogen-bond acceptors (Lipinski definition) is 5. The van der Waals surface area contributed by atoms with Crippen LogP contribution < -0.4 is 0 Å². The minimum absolute atomic E-state index is 0.0434. The molecule has 5 nitrogen and oxygen atoms in total. The summed E-state index contributed by atoms with van der Waals surface area (Å²) >= 11 is 0. The van der Waals surface area contributed by atoms with Crippen molar-refractivity contribution in [3.63, 3.8) is 0 Å². The van der Waals surface area contributed by atoms with Crippen LogP contribution in [0.25, 0.3) is 0 Å². The van der Waals surface area contributed by atoms with Crippen molar-refractivity contribution in [2.75, 3.05) is 13.1 Å². The molecule has 0 bridgehead atoms. The Bertz CT molecular complexity index is 772. The Kier molecular flexibility index (Phi) is 5.09. The molecule has 0 radical (unpaired) electrons. The summed E-state index contributed by atoms with van der Waals surface area (Å²) in [6, 6.07) is 20.5. The van der Waals surface area contributed by atoms with Crippen molar-refractivity contribution in [2.45, 2.75) is 31.4 Å². The lowest BCUT2D eigenvalue weighted by molar-refractivity contribution is 0.0740. The summed E-state index contributed by atoms with van der Waals surface area (Å²) in [6.45, 7) is 2.36. The Labute approximate surface area is 153 Å². The van der Waals surface area contributed by atoms with Crippen molar-refractivity contribution in [1.82, 2.24) is 15.0 Å². The summed E-state index contributed by atoms with van der Waals surface area (Å²) < 4.78 is 5.55. The van der Waals surface area contributed by atoms with Gasteiger partial charge in [0.05, 0.1) is 18.6 Å². The van der Waals surface area contributed by atoms with Gasteiger partial charge >= 0.3 is 0 Å². The van der Waals surface area contributed by atoms with Crippen LogP contribution in [0.4, 0.5) is 0 Å². The molecule has 1 aromatic heterocycles. The lowest BCUT2D eigenvalue weighted by atomic mass is 9.91. The molecule has 0 atom stereocenters. The van der Waals surface area contributed by atoms with Gasteiger partial charge in [-0.15, -0.1) is 0 Å². The molecule has 5 heteroatoms. The Hall–Kier alpha value is -2.50. The highest BCUT2D eigenvalue weighted by molar-refractivity contribution is 5.37. The predicted octanol–water partition coefficient (Wildman–Crippen LogP) is 3.21. The van der Waals surface area contributed by atoms with Crippen LogP contribution >= 0.6 is 0 Å². The normalized spacial score (nSPS) is 16.2. The smallest absolute Gasteiger partial charge is 0.240 e. The fourth-order valence-electron chi connectivity index (χ4n) is 3.50. The minimum atomic E-state index is -0.176. The van der Waals surface area contributed by atoms with Gasteiger partial charge in [-0.05, 0) is 24.0 Å². The van der Waals surface area contributed by atoms with Gasteiger partial charge in [-0.3, -0.25) is 4.90 Å². The first-order valence-corrected chi connectivity index (χ1v) is 9.12. The van der Waals surface area contributed by atoms with Crippen LogP contribution in [0.1, 0.15) is 41.6 Å². The van der Waals surface area contributed by atoms with Crippen LogP contribution in [0, 0.1) is 0 Å². The number of aliphatic hydroxyl groups is 1. The average Bonchev–Trinajstić information content (AvgIpc) is 3.13. The van der Waals surface area contributed by atoms with Gasteiger partial charge in [-0.25, -0.2) is 0 Å². The quantitative estimate of drug-likeness (QED) is 0.766. The van der Waals surface area contributed by atoms with Crippen LogP contribution in [0.2, 0.25) is 0 Å². The zero-order valence-electron chi connectivity index (χ0n) is 14.7. The molecule has 1 aliphatic heterocycles. The topological polar surface area (TPSA) is 62.4 Å². The van der Waals surface area contributed by atoms with Gasteiger partial charge in [-0.1, -0.05) is 65.8 Å². The molecule has 1 fully saturated rings. The molecule has 26 heavy (non-hydrogen) atoms. The van der Waals surface area contributed by atoms with E-state index >= 15 is 0 Å². The van der Waals surface area contributed by atoms with E-state index in [0.717, 1.165) is 37.1 Å². The number of nitrogens with zero attached hydrogens (tertiary/aromatic N) is 3. The number of rotatable bonds is 5. The van der Waals surface area contributed by atoms with E-state index in [4.69, 9.17) is 9.51 Å². The summed E-state index contributed by atoms with van der Waals surface area (Å²) in [5.41, 5.74) is 2.29. The maximum atomic E-state index is 9.64. The Morgan fingerprint density at radius 2 is 1.54 bits per heavy atom. The van der Waals surface area contributed by atoms with E-state index in [-0.39, 0.29) is 12.0 Å². The molecule has 0 saturated carbocycles. The van der Waals surface area contributed by atoms with Crippen molar-refractivity contribution in [1.29, 1.82) is 0 Å². The molecule has 1 N–H and O–H groups in total. The molecule has 2 aromatic carbocycles. The van der Waals surface area contributed by atoms with E-state index in [1.54, 1.807) is 0 Å². The molecule has 0 aliphatic carbocycles. The second kappa shape index (κ2) is 7.81. The number of piperidine rings is 1. The van der Waals surface area contributed by atoms with Gasteiger partial charge in [0, 0.05) is 13.1 Å². The van der Waals surface area contributed by atoms with Crippen molar-refractivity contribution in [2.24, 2.45) is 0 Å². The minimum Gasteiger partial charge on any atom is -0.393 e. The van der Waals surface area contributed by atoms with Crippen molar-refractivity contribution in [3.8, 4) is 0 Å². The van der Waals surface area contributed by atoms with Crippen LogP contribution in [-0.2, 0) is 6.54 Å². The lowest BCUT2D eigenvalue weighted by Gasteiger charge is -2.27. The third-order valence-electron chi connectivity index (χ3n) is 4.92. The van der Waals surface area contributed by atoms with Crippen molar-refractivity contribution in [3.05, 3.63) is 83.5 Å². The van der Waals surface area contributed by atoms with Crippen LogP contribution in [-0.4, -0.2) is 39.3 Å². The van der Waals surface area contributed by atoms with Crippen LogP contribution in [0.5, 0.6) is 0 Å². The summed E-state index contributed by atoms with van der Waals surface area (Å²) in [5, 5.41) is 13.9. The summed E-state index contributed by atoms with van der Waals surface area (Å²) in [6.07, 6.45) is 1.43. The Balaban J connectivity index is 1.58. The first kappa shape index (κ1) is 16.9. The van der Waals surface area contributed by atoms with E-state index in [9.17, 15) is 5.11 Å². The zero-order valence-corrected chi connectivity index (χ0v) is 14.7. The van der Waals surface area contributed by atoms with Gasteiger partial charge in [0.2, 0.25) is 5.89 Å². The third-order valence-corrected chi connectivity index (χ3v) is 4.92. The van der Waals surface area contributed by atoms with Crippen molar-refractivity contribution >= 4 is 0 Å². The van der Waals surface area contributed by atoms with Gasteiger partial charge < -0.3 is 9.63 Å². The molecule has 0 amide bonds. The predicted molar refractivity (Wildman–Crippen MR) is 98.6 cm³/mol. The molecular formula is C21H23N3O2. The molecular weight excluding hydrogens is 326 g/mol. The summed E-state index contributed by atoms with van der Waals surface area (Å²) in [4.78, 5) is 6.95. The number of likely N-dealkylation sites (tertiary alicyclic amines) is 1. The maximum absolute atomic E-state index is 9.64. The number of aromatic nitrogens is 2. The second-order valence-corrected chi connectivity index (χ2v) is 6.81. The maximum Gasteiger partial charge on any atom is 0.240 e. The number of hydrogen-bond donors (Lipinski definition) is 1. The van der Waals surface area contributed by atoms with Crippen LogP contribution in [0.3, 0.4) is 0 Å². The lowest BCUT2D eigenvalue weighted by Crippen LogP contribution is -2.35. The summed E-state index contributed by atoms with van der Waals surface area (Å²) in [5.74, 6) is 1.28. The molecule has 0 spiro atoms. The van der Waals surface area contributed by atoms with E-state index in [1.165, 1.54) is 0 Å². The SMILES string of the molecule is OC1CCN(Cc2nc(C(c3ccccc3)c3ccccc3)no2)CC1. The largest absolute Gasteiger partial charge is 0.393 e. The van der Waals surface area contributed by atoms with Gasteiger partial charge in [0.15, 0.2) is 5.82 Å². The zero-order chi connectivity index (χ0) is 17.8. The molecule has 4 rings (SSSR count). The molecule has 3 aromatic rings. The fraction of sp³-hybridized carbons (Fsp3) is 0.333. The second-order valence-electron chi connectivity index (χ2n) is 6.81. The standard InChI is InChI=1S/C21H23N3O2/c25-18-11-13-24(14-12-18)15-19-22-21(23-26-19)20(16-7-3-1-4-8-16)17-9-5-2-6-10-17/h1-10,18,20,25H,11-15H2. The van der Waals surface area contributed by atoms with Gasteiger partial charge in [0.25, 0.3) is 0 Å². The fourth-order valence-corrected chi connectivity index (χ4v) is 3.50. The first-order valence-electron chi connectivity index (χ1n) is 9.12. The highest BCUT2D eigenvalue weighted by atomic mass is 16.5. The monoisotopic (exact) mass is 349 g/mol. The summed E-state index contributed by atoms with van der Waals surface area (Å²) in [7, 11) is 0. The number of aliphatic hydroxyl groups excluding tert-OH is 1. The molecule has 134 valence electrons. The highest BCUT2D eigenvalue weighted by Gasteiger charge is 2.24. The molecule has 1 aliphatic rings. The van der Waals surface area contributed by atoms with Crippen molar-refractivity contribution < 1.29 is 9.63 Å². The average molecular weight is 349 g/mol.